The summed E-state index contributed by atoms with van der Waals surface area (Å²) in [5, 5.41) is 0. The third-order valence-corrected chi connectivity index (χ3v) is 9.66. The van der Waals surface area contributed by atoms with Crippen molar-refractivity contribution in [2.75, 3.05) is 6.61 Å². The van der Waals surface area contributed by atoms with Crippen LogP contribution in [0, 0.1) is 70.5 Å². The van der Waals surface area contributed by atoms with Crippen LogP contribution in [0.1, 0.15) is 12.8 Å². The van der Waals surface area contributed by atoms with E-state index in [0.717, 1.165) is 47.3 Å². The fourth-order valence-corrected chi connectivity index (χ4v) is 10.4. The summed E-state index contributed by atoms with van der Waals surface area (Å²) in [4.78, 5) is 11.3. The van der Waals surface area contributed by atoms with Gasteiger partial charge >= 0.3 is 12.1 Å². The molecule has 5 heteroatoms. The van der Waals surface area contributed by atoms with Crippen LogP contribution in [0.15, 0.2) is 0 Å². The average molecular weight is 310 g/mol. The van der Waals surface area contributed by atoms with E-state index in [2.05, 4.69) is 0 Å². The van der Waals surface area contributed by atoms with Crippen LogP contribution >= 0.6 is 0 Å². The van der Waals surface area contributed by atoms with E-state index in [1.165, 1.54) is 12.8 Å². The third kappa shape index (κ3) is 0.806. The van der Waals surface area contributed by atoms with Crippen molar-refractivity contribution in [3.8, 4) is 0 Å². The predicted molar refractivity (Wildman–Crippen MR) is 67.1 cm³/mol. The second-order valence-corrected chi connectivity index (χ2v) is 9.19. The van der Waals surface area contributed by atoms with Gasteiger partial charge in [-0.2, -0.15) is 13.2 Å². The number of alkyl halides is 3. The number of hydrogen-bond donors (Lipinski definition) is 0. The SMILES string of the molecule is O=C(OC[C@]12[C@H]3[C@H]4C[C@@H]1[C@@H]1[C@H]4[C@H]4[C@@H]5C[C@H]([C@H]43)[C@H]2[C@@H]51)C(F)(F)F. The smallest absolute Gasteiger partial charge is 0.458 e. The van der Waals surface area contributed by atoms with Crippen LogP contribution in [-0.2, 0) is 9.53 Å². The quantitative estimate of drug-likeness (QED) is 0.733. The Kier molecular flexibility index (Phi) is 1.53. The molecule has 8 aliphatic carbocycles. The van der Waals surface area contributed by atoms with Gasteiger partial charge in [-0.05, 0) is 77.9 Å². The van der Waals surface area contributed by atoms with Crippen LogP contribution in [0.5, 0.6) is 0 Å². The highest BCUT2D eigenvalue weighted by Crippen LogP contribution is 2.96. The molecular formula is C17H17F3O2. The molecule has 118 valence electrons. The van der Waals surface area contributed by atoms with Crippen LogP contribution in [0.3, 0.4) is 0 Å². The van der Waals surface area contributed by atoms with Gasteiger partial charge in [0.15, 0.2) is 0 Å². The van der Waals surface area contributed by atoms with Crippen molar-refractivity contribution in [1.29, 1.82) is 0 Å². The molecule has 0 amide bonds. The fourth-order valence-electron chi connectivity index (χ4n) is 10.4. The van der Waals surface area contributed by atoms with Gasteiger partial charge < -0.3 is 4.74 Å². The lowest BCUT2D eigenvalue weighted by molar-refractivity contribution is -0.205. The highest BCUT2D eigenvalue weighted by Gasteiger charge is 2.93. The lowest BCUT2D eigenvalue weighted by Crippen LogP contribution is -2.41. The van der Waals surface area contributed by atoms with Crippen molar-refractivity contribution < 1.29 is 22.7 Å². The molecule has 0 saturated heterocycles. The van der Waals surface area contributed by atoms with Crippen molar-refractivity contribution in [3.63, 3.8) is 0 Å². The summed E-state index contributed by atoms with van der Waals surface area (Å²) in [6.07, 6.45) is -2.29. The minimum absolute atomic E-state index is 0.0489. The van der Waals surface area contributed by atoms with Crippen LogP contribution in [0.25, 0.3) is 0 Å². The molecule has 0 N–H and O–H groups in total. The van der Waals surface area contributed by atoms with E-state index in [4.69, 9.17) is 4.74 Å². The van der Waals surface area contributed by atoms with Gasteiger partial charge in [-0.25, -0.2) is 4.79 Å². The van der Waals surface area contributed by atoms with Crippen molar-refractivity contribution >= 4 is 5.97 Å². The summed E-state index contributed by atoms with van der Waals surface area (Å²) in [5.41, 5.74) is -0.0489. The molecule has 8 saturated carbocycles. The number of esters is 1. The summed E-state index contributed by atoms with van der Waals surface area (Å²) in [7, 11) is 0. The average Bonchev–Trinajstić information content (AvgIpc) is 3.14. The molecule has 0 spiro atoms. The van der Waals surface area contributed by atoms with Gasteiger partial charge in [0.2, 0.25) is 0 Å². The van der Waals surface area contributed by atoms with Gasteiger partial charge in [0.25, 0.3) is 0 Å². The maximum absolute atomic E-state index is 12.5. The van der Waals surface area contributed by atoms with E-state index in [1.807, 2.05) is 0 Å². The highest BCUT2D eigenvalue weighted by molar-refractivity contribution is 5.75. The molecule has 0 aliphatic heterocycles. The zero-order chi connectivity index (χ0) is 14.8. The van der Waals surface area contributed by atoms with E-state index in [1.54, 1.807) is 0 Å². The lowest BCUT2D eigenvalue weighted by atomic mass is 9.68. The van der Waals surface area contributed by atoms with Gasteiger partial charge in [0.1, 0.15) is 0 Å². The Hall–Kier alpha value is -0.740. The normalized spacial score (nSPS) is 69.3. The summed E-state index contributed by atoms with van der Waals surface area (Å²) in [6.45, 7) is 0.0635. The Morgan fingerprint density at radius 1 is 0.955 bits per heavy atom. The van der Waals surface area contributed by atoms with E-state index in [-0.39, 0.29) is 12.0 Å². The molecular weight excluding hydrogens is 293 g/mol. The van der Waals surface area contributed by atoms with E-state index in [0.29, 0.717) is 17.8 Å². The number of halogens is 3. The predicted octanol–water partition coefficient (Wildman–Crippen LogP) is 2.73. The first-order chi connectivity index (χ1) is 10.5. The highest BCUT2D eigenvalue weighted by atomic mass is 19.4. The van der Waals surface area contributed by atoms with Gasteiger partial charge in [-0.3, -0.25) is 0 Å². The lowest BCUT2D eigenvalue weighted by Gasteiger charge is -2.39. The fraction of sp³-hybridized carbons (Fsp3) is 0.941. The Bertz CT molecular complexity index is 632. The molecule has 0 radical (unpaired) electrons. The van der Waals surface area contributed by atoms with Crippen LogP contribution < -0.4 is 0 Å². The topological polar surface area (TPSA) is 26.3 Å². The number of rotatable bonds is 2. The third-order valence-electron chi connectivity index (χ3n) is 9.66. The first-order valence-electron chi connectivity index (χ1n) is 8.70. The van der Waals surface area contributed by atoms with Crippen LogP contribution in [-0.4, -0.2) is 18.8 Å². The van der Waals surface area contributed by atoms with Gasteiger partial charge in [0.05, 0.1) is 6.61 Å². The molecule has 12 atom stereocenters. The Balaban J connectivity index is 1.33. The van der Waals surface area contributed by atoms with E-state index in [9.17, 15) is 18.0 Å². The monoisotopic (exact) mass is 310 g/mol. The maximum atomic E-state index is 12.5. The number of carbonyl (C=O) groups excluding carboxylic acids is 1. The molecule has 0 aromatic carbocycles. The number of carbonyl (C=O) groups is 1. The molecule has 22 heavy (non-hydrogen) atoms. The second-order valence-electron chi connectivity index (χ2n) is 9.19. The zero-order valence-corrected chi connectivity index (χ0v) is 11.9. The first kappa shape index (κ1) is 11.7. The molecule has 8 aliphatic rings. The Morgan fingerprint density at radius 2 is 1.59 bits per heavy atom. The van der Waals surface area contributed by atoms with Crippen molar-refractivity contribution in [2.45, 2.75) is 19.0 Å². The van der Waals surface area contributed by atoms with Crippen molar-refractivity contribution in [1.82, 2.24) is 0 Å². The van der Waals surface area contributed by atoms with Crippen molar-refractivity contribution in [2.24, 2.45) is 70.5 Å². The van der Waals surface area contributed by atoms with Gasteiger partial charge in [-0.15, -0.1) is 0 Å². The summed E-state index contributed by atoms with van der Waals surface area (Å²) in [6, 6.07) is 0. The van der Waals surface area contributed by atoms with Crippen LogP contribution in [0.4, 0.5) is 13.2 Å². The van der Waals surface area contributed by atoms with Gasteiger partial charge in [-0.1, -0.05) is 0 Å². The van der Waals surface area contributed by atoms with E-state index < -0.39 is 12.1 Å². The number of ether oxygens (including phenoxy) is 1. The molecule has 4 bridgehead atoms. The molecule has 8 fully saturated rings. The minimum atomic E-state index is -4.85. The van der Waals surface area contributed by atoms with Crippen molar-refractivity contribution in [3.05, 3.63) is 0 Å². The minimum Gasteiger partial charge on any atom is -0.458 e. The zero-order valence-electron chi connectivity index (χ0n) is 11.9. The molecule has 8 rings (SSSR count). The second kappa shape index (κ2) is 2.86. The Morgan fingerprint density at radius 3 is 2.32 bits per heavy atom. The standard InChI is InChI=1S/C17H17F3O2/c18-17(19,20)15(21)22-3-16-7-2-6-9-8-4-1-5(11(8)14(6)16)13(16)10(4)12(7)9/h4-14H,1-3H2/t4-,5+,6-,7+,8+,9+,10-,11+,12+,13-,14-,16-/m0/s1. The molecule has 0 heterocycles. The van der Waals surface area contributed by atoms with Gasteiger partial charge in [0, 0.05) is 5.41 Å². The molecule has 0 unspecified atom stereocenters. The van der Waals surface area contributed by atoms with E-state index >= 15 is 0 Å². The summed E-state index contributed by atoms with van der Waals surface area (Å²) >= 11 is 0. The molecule has 2 nitrogen and oxygen atoms in total. The number of hydrogen-bond acceptors (Lipinski definition) is 2. The molecule has 0 aromatic heterocycles. The first-order valence-corrected chi connectivity index (χ1v) is 8.70. The summed E-state index contributed by atoms with van der Waals surface area (Å²) < 4.78 is 42.5. The maximum Gasteiger partial charge on any atom is 0.490 e. The Labute approximate surface area is 125 Å². The largest absolute Gasteiger partial charge is 0.490 e. The summed E-state index contributed by atoms with van der Waals surface area (Å²) in [5.74, 6) is 6.34. The van der Waals surface area contributed by atoms with Crippen LogP contribution in [0.2, 0.25) is 0 Å². The molecule has 0 aromatic rings.